The fourth-order valence-corrected chi connectivity index (χ4v) is 2.25. The lowest BCUT2D eigenvalue weighted by Crippen LogP contribution is -2.31. The predicted octanol–water partition coefficient (Wildman–Crippen LogP) is 4.47. The topological polar surface area (TPSA) is 50.4 Å². The summed E-state index contributed by atoms with van der Waals surface area (Å²) in [6, 6.07) is 12.2. The maximum atomic E-state index is 13.2. The van der Waals surface area contributed by atoms with Gasteiger partial charge in [0.05, 0.1) is 17.9 Å². The second-order valence-corrected chi connectivity index (χ2v) is 5.25. The van der Waals surface area contributed by atoms with Crippen molar-refractivity contribution < 1.29 is 22.7 Å². The molecule has 7 heteroatoms. The lowest BCUT2D eigenvalue weighted by atomic mass is 10.1. The van der Waals surface area contributed by atoms with Gasteiger partial charge in [0.25, 0.3) is 0 Å². The highest BCUT2D eigenvalue weighted by molar-refractivity contribution is 5.90. The minimum absolute atomic E-state index is 0.102. The number of carbonyl (C=O) groups is 1. The fraction of sp³-hybridized carbons (Fsp3) is 0.278. The van der Waals surface area contributed by atoms with Crippen LogP contribution in [0.2, 0.25) is 0 Å². The Morgan fingerprint density at radius 3 is 2.48 bits per heavy atom. The van der Waals surface area contributed by atoms with E-state index in [0.717, 1.165) is 11.6 Å². The van der Waals surface area contributed by atoms with Crippen LogP contribution in [0.3, 0.4) is 0 Å². The lowest BCUT2D eigenvalue weighted by Gasteiger charge is -2.16. The highest BCUT2D eigenvalue weighted by Crippen LogP contribution is 2.37. The Kier molecular flexibility index (Phi) is 6.27. The highest BCUT2D eigenvalue weighted by atomic mass is 19.4. The normalized spacial score (nSPS) is 11.0. The molecule has 0 aliphatic carbocycles. The van der Waals surface area contributed by atoms with Gasteiger partial charge in [0.1, 0.15) is 5.75 Å². The number of rotatable bonds is 6. The van der Waals surface area contributed by atoms with Crippen molar-refractivity contribution in [2.24, 2.45) is 0 Å². The monoisotopic (exact) mass is 352 g/mol. The minimum Gasteiger partial charge on any atom is -0.494 e. The van der Waals surface area contributed by atoms with E-state index in [4.69, 9.17) is 4.74 Å². The molecular weight excluding hydrogens is 333 g/mol. The van der Waals surface area contributed by atoms with E-state index in [1.54, 1.807) is 6.92 Å². The minimum atomic E-state index is -4.60. The van der Waals surface area contributed by atoms with Gasteiger partial charge >= 0.3 is 12.2 Å². The Balaban J connectivity index is 1.99. The molecule has 0 spiro atoms. The van der Waals surface area contributed by atoms with Gasteiger partial charge < -0.3 is 15.4 Å². The summed E-state index contributed by atoms with van der Waals surface area (Å²) in [5.74, 6) is 0.102. The third kappa shape index (κ3) is 5.70. The molecule has 2 N–H and O–H groups in total. The zero-order chi connectivity index (χ0) is 18.3. The van der Waals surface area contributed by atoms with E-state index in [1.165, 1.54) is 12.1 Å². The molecule has 0 atom stereocenters. The molecule has 0 radical (unpaired) electrons. The number of anilines is 1. The summed E-state index contributed by atoms with van der Waals surface area (Å²) in [7, 11) is 0. The van der Waals surface area contributed by atoms with Crippen LogP contribution in [0.15, 0.2) is 48.5 Å². The Labute approximate surface area is 144 Å². The van der Waals surface area contributed by atoms with Crippen molar-refractivity contribution in [2.75, 3.05) is 18.5 Å². The van der Waals surface area contributed by atoms with Crippen LogP contribution in [0.1, 0.15) is 18.1 Å². The van der Waals surface area contributed by atoms with Gasteiger partial charge in [0.15, 0.2) is 0 Å². The number of amides is 2. The third-order valence-corrected chi connectivity index (χ3v) is 3.40. The third-order valence-electron chi connectivity index (χ3n) is 3.40. The van der Waals surface area contributed by atoms with Crippen molar-refractivity contribution in [2.45, 2.75) is 19.5 Å². The number of urea groups is 1. The molecule has 0 saturated heterocycles. The zero-order valence-corrected chi connectivity index (χ0v) is 13.7. The second kappa shape index (κ2) is 8.41. The molecule has 0 aromatic heterocycles. The van der Waals surface area contributed by atoms with E-state index in [-0.39, 0.29) is 18.0 Å². The van der Waals surface area contributed by atoms with Gasteiger partial charge in [-0.2, -0.15) is 13.2 Å². The van der Waals surface area contributed by atoms with Gasteiger partial charge in [0.2, 0.25) is 0 Å². The molecule has 25 heavy (non-hydrogen) atoms. The summed E-state index contributed by atoms with van der Waals surface area (Å²) in [5, 5.41) is 4.80. The van der Waals surface area contributed by atoms with E-state index in [9.17, 15) is 18.0 Å². The van der Waals surface area contributed by atoms with Gasteiger partial charge in [-0.25, -0.2) is 4.79 Å². The van der Waals surface area contributed by atoms with Crippen molar-refractivity contribution in [3.8, 4) is 5.75 Å². The summed E-state index contributed by atoms with van der Waals surface area (Å²) in [5.41, 5.74) is -0.232. The summed E-state index contributed by atoms with van der Waals surface area (Å²) in [6.07, 6.45) is -4.01. The number of halogens is 3. The van der Waals surface area contributed by atoms with E-state index in [0.29, 0.717) is 13.0 Å². The van der Waals surface area contributed by atoms with Crippen molar-refractivity contribution in [1.29, 1.82) is 0 Å². The predicted molar refractivity (Wildman–Crippen MR) is 89.8 cm³/mol. The zero-order valence-electron chi connectivity index (χ0n) is 13.7. The molecule has 0 aliphatic heterocycles. The van der Waals surface area contributed by atoms with Gasteiger partial charge in [-0.05, 0) is 37.1 Å². The van der Waals surface area contributed by atoms with Crippen LogP contribution >= 0.6 is 0 Å². The van der Waals surface area contributed by atoms with Crippen LogP contribution in [-0.2, 0) is 12.6 Å². The first-order valence-electron chi connectivity index (χ1n) is 7.83. The first kappa shape index (κ1) is 18.6. The molecule has 0 bridgehead atoms. The number of alkyl halides is 3. The largest absolute Gasteiger partial charge is 0.494 e. The Morgan fingerprint density at radius 1 is 1.12 bits per heavy atom. The molecular formula is C18H19F3N2O2. The molecule has 4 nitrogen and oxygen atoms in total. The van der Waals surface area contributed by atoms with Crippen LogP contribution in [0.5, 0.6) is 5.75 Å². The number of benzene rings is 2. The molecule has 0 saturated carbocycles. The molecule has 0 aliphatic rings. The number of hydrogen-bond donors (Lipinski definition) is 2. The van der Waals surface area contributed by atoms with Gasteiger partial charge in [0, 0.05) is 6.54 Å². The van der Waals surface area contributed by atoms with Crippen molar-refractivity contribution in [1.82, 2.24) is 5.32 Å². The number of carbonyl (C=O) groups excluding carboxylic acids is 1. The Bertz CT molecular complexity index is 703. The molecule has 2 amide bonds. The van der Waals surface area contributed by atoms with Crippen LogP contribution in [0.4, 0.5) is 23.7 Å². The fourth-order valence-electron chi connectivity index (χ4n) is 2.25. The lowest BCUT2D eigenvalue weighted by molar-refractivity contribution is -0.137. The smallest absolute Gasteiger partial charge is 0.418 e. The van der Waals surface area contributed by atoms with Crippen LogP contribution in [0, 0.1) is 0 Å². The Hall–Kier alpha value is -2.70. The van der Waals surface area contributed by atoms with Crippen LogP contribution in [0.25, 0.3) is 0 Å². The Morgan fingerprint density at radius 2 is 1.84 bits per heavy atom. The summed E-state index contributed by atoms with van der Waals surface area (Å²) in [4.78, 5) is 11.9. The van der Waals surface area contributed by atoms with E-state index in [1.807, 2.05) is 30.3 Å². The SMILES string of the molecule is CCOc1ccc(NC(=O)NCCc2ccccc2)c(C(F)(F)F)c1. The molecule has 0 unspecified atom stereocenters. The second-order valence-electron chi connectivity index (χ2n) is 5.25. The molecule has 2 rings (SSSR count). The van der Waals surface area contributed by atoms with Crippen molar-refractivity contribution in [3.05, 3.63) is 59.7 Å². The first-order chi connectivity index (χ1) is 11.9. The highest BCUT2D eigenvalue weighted by Gasteiger charge is 2.34. The van der Waals surface area contributed by atoms with Crippen molar-refractivity contribution >= 4 is 11.7 Å². The molecule has 2 aromatic carbocycles. The standard InChI is InChI=1S/C18H19F3N2O2/c1-2-25-14-8-9-16(15(12-14)18(19,20)21)23-17(24)22-11-10-13-6-4-3-5-7-13/h3-9,12H,2,10-11H2,1H3,(H2,22,23,24). The summed E-state index contributed by atoms with van der Waals surface area (Å²) in [6.45, 7) is 2.25. The molecule has 2 aromatic rings. The molecule has 134 valence electrons. The quantitative estimate of drug-likeness (QED) is 0.806. The van der Waals surface area contributed by atoms with Gasteiger partial charge in [-0.1, -0.05) is 30.3 Å². The van der Waals surface area contributed by atoms with Crippen LogP contribution < -0.4 is 15.4 Å². The number of nitrogens with one attached hydrogen (secondary N) is 2. The number of ether oxygens (including phenoxy) is 1. The van der Waals surface area contributed by atoms with E-state index >= 15 is 0 Å². The summed E-state index contributed by atoms with van der Waals surface area (Å²) >= 11 is 0. The summed E-state index contributed by atoms with van der Waals surface area (Å²) < 4.78 is 44.6. The average molecular weight is 352 g/mol. The molecule has 0 fully saturated rings. The average Bonchev–Trinajstić information content (AvgIpc) is 2.56. The maximum absolute atomic E-state index is 13.2. The van der Waals surface area contributed by atoms with Gasteiger partial charge in [-0.15, -0.1) is 0 Å². The first-order valence-corrected chi connectivity index (χ1v) is 7.83. The number of hydrogen-bond acceptors (Lipinski definition) is 2. The van der Waals surface area contributed by atoms with Crippen LogP contribution in [-0.4, -0.2) is 19.2 Å². The van der Waals surface area contributed by atoms with E-state index in [2.05, 4.69) is 10.6 Å². The van der Waals surface area contributed by atoms with Crippen molar-refractivity contribution in [3.63, 3.8) is 0 Å². The maximum Gasteiger partial charge on any atom is 0.418 e. The van der Waals surface area contributed by atoms with Gasteiger partial charge in [-0.3, -0.25) is 0 Å². The van der Waals surface area contributed by atoms with E-state index < -0.39 is 17.8 Å². The molecule has 0 heterocycles.